The van der Waals surface area contributed by atoms with Gasteiger partial charge >= 0.3 is 0 Å². The first kappa shape index (κ1) is 21.4. The molecule has 2 N–H and O–H groups in total. The van der Waals surface area contributed by atoms with Crippen molar-refractivity contribution in [1.82, 2.24) is 5.32 Å². The molecular weight excluding hydrogens is 400 g/mol. The molecule has 0 atom stereocenters. The summed E-state index contributed by atoms with van der Waals surface area (Å²) in [5.74, 6) is 0.356. The van der Waals surface area contributed by atoms with Gasteiger partial charge in [-0.2, -0.15) is 0 Å². The number of nitrogens with one attached hydrogen (secondary N) is 2. The second-order valence-electron chi connectivity index (χ2n) is 6.73. The third-order valence-corrected chi connectivity index (χ3v) is 5.79. The standard InChI is InChI=1S/C23H24N2O4S/c1-3-29-19-8-6-7-18(15-19)16-24-23(26)21-9-4-5-10-22(21)25-30(27,28)20-13-11-17(2)12-14-20/h4-15,25H,3,16H2,1-2H3,(H,24,26). The number of sulfonamides is 1. The quantitative estimate of drug-likeness (QED) is 0.570. The molecule has 6 nitrogen and oxygen atoms in total. The van der Waals surface area contributed by atoms with E-state index in [0.29, 0.717) is 13.2 Å². The smallest absolute Gasteiger partial charge is 0.261 e. The summed E-state index contributed by atoms with van der Waals surface area (Å²) in [5, 5.41) is 2.83. The molecule has 0 aromatic heterocycles. The maximum Gasteiger partial charge on any atom is 0.261 e. The lowest BCUT2D eigenvalue weighted by Crippen LogP contribution is -2.25. The van der Waals surface area contributed by atoms with Crippen molar-refractivity contribution in [1.29, 1.82) is 0 Å². The normalized spacial score (nSPS) is 11.0. The highest BCUT2D eigenvalue weighted by atomic mass is 32.2. The summed E-state index contributed by atoms with van der Waals surface area (Å²) in [6, 6.07) is 20.5. The topological polar surface area (TPSA) is 84.5 Å². The van der Waals surface area contributed by atoms with Crippen LogP contribution in [-0.2, 0) is 16.6 Å². The van der Waals surface area contributed by atoms with Crippen LogP contribution in [0.2, 0.25) is 0 Å². The maximum atomic E-state index is 12.7. The van der Waals surface area contributed by atoms with Crippen molar-refractivity contribution in [2.75, 3.05) is 11.3 Å². The molecule has 0 radical (unpaired) electrons. The summed E-state index contributed by atoms with van der Waals surface area (Å²) in [4.78, 5) is 12.9. The number of rotatable bonds is 8. The third-order valence-electron chi connectivity index (χ3n) is 4.41. The fraction of sp³-hybridized carbons (Fsp3) is 0.174. The van der Waals surface area contributed by atoms with Gasteiger partial charge < -0.3 is 10.1 Å². The van der Waals surface area contributed by atoms with Gasteiger partial charge in [-0.25, -0.2) is 8.42 Å². The van der Waals surface area contributed by atoms with Gasteiger partial charge in [0.1, 0.15) is 5.75 Å². The molecule has 0 aliphatic rings. The summed E-state index contributed by atoms with van der Waals surface area (Å²) in [7, 11) is -3.81. The van der Waals surface area contributed by atoms with Gasteiger partial charge in [-0.15, -0.1) is 0 Å². The highest BCUT2D eigenvalue weighted by molar-refractivity contribution is 7.92. The molecule has 0 unspecified atom stereocenters. The van der Waals surface area contributed by atoms with Gasteiger partial charge in [0.2, 0.25) is 0 Å². The third kappa shape index (κ3) is 5.39. The molecular formula is C23H24N2O4S. The highest BCUT2D eigenvalue weighted by Crippen LogP contribution is 2.21. The Morgan fingerprint density at radius 3 is 2.43 bits per heavy atom. The number of anilines is 1. The number of amides is 1. The second-order valence-corrected chi connectivity index (χ2v) is 8.41. The Kier molecular flexibility index (Phi) is 6.74. The fourth-order valence-electron chi connectivity index (χ4n) is 2.88. The second kappa shape index (κ2) is 9.45. The number of ether oxygens (including phenoxy) is 1. The molecule has 3 rings (SSSR count). The number of carbonyl (C=O) groups is 1. The van der Waals surface area contributed by atoms with Crippen molar-refractivity contribution < 1.29 is 17.9 Å². The van der Waals surface area contributed by atoms with E-state index in [9.17, 15) is 13.2 Å². The van der Waals surface area contributed by atoms with E-state index in [-0.39, 0.29) is 22.1 Å². The van der Waals surface area contributed by atoms with Crippen LogP contribution in [-0.4, -0.2) is 20.9 Å². The minimum Gasteiger partial charge on any atom is -0.494 e. The Morgan fingerprint density at radius 1 is 0.967 bits per heavy atom. The molecule has 0 bridgehead atoms. The van der Waals surface area contributed by atoms with Gasteiger partial charge in [0.25, 0.3) is 15.9 Å². The summed E-state index contributed by atoms with van der Waals surface area (Å²) in [6.07, 6.45) is 0. The predicted molar refractivity (Wildman–Crippen MR) is 117 cm³/mol. The van der Waals surface area contributed by atoms with Crippen LogP contribution in [0.15, 0.2) is 77.7 Å². The number of carbonyl (C=O) groups excluding carboxylic acids is 1. The van der Waals surface area contributed by atoms with Gasteiger partial charge in [-0.05, 0) is 55.8 Å². The molecule has 156 valence electrons. The van der Waals surface area contributed by atoms with Crippen molar-refractivity contribution >= 4 is 21.6 Å². The fourth-order valence-corrected chi connectivity index (χ4v) is 3.96. The van der Waals surface area contributed by atoms with Crippen LogP contribution in [0.25, 0.3) is 0 Å². The largest absolute Gasteiger partial charge is 0.494 e. The van der Waals surface area contributed by atoms with Crippen LogP contribution in [0.1, 0.15) is 28.4 Å². The van der Waals surface area contributed by atoms with Gasteiger partial charge in [-0.1, -0.05) is 42.0 Å². The van der Waals surface area contributed by atoms with E-state index >= 15 is 0 Å². The molecule has 3 aromatic rings. The molecule has 7 heteroatoms. The first-order valence-electron chi connectivity index (χ1n) is 9.57. The SMILES string of the molecule is CCOc1cccc(CNC(=O)c2ccccc2NS(=O)(=O)c2ccc(C)cc2)c1. The van der Waals surface area contributed by atoms with Gasteiger partial charge in [0.05, 0.1) is 22.8 Å². The molecule has 0 aliphatic heterocycles. The number of hydrogen-bond donors (Lipinski definition) is 2. The Labute approximate surface area is 177 Å². The number of hydrogen-bond acceptors (Lipinski definition) is 4. The van der Waals surface area contributed by atoms with Crippen LogP contribution in [0.5, 0.6) is 5.75 Å². The molecule has 0 spiro atoms. The van der Waals surface area contributed by atoms with Crippen LogP contribution in [0.3, 0.4) is 0 Å². The maximum absolute atomic E-state index is 12.7. The van der Waals surface area contributed by atoms with Gasteiger partial charge in [0, 0.05) is 6.54 Å². The summed E-state index contributed by atoms with van der Waals surface area (Å²) >= 11 is 0. The zero-order valence-electron chi connectivity index (χ0n) is 16.9. The molecule has 1 amide bonds. The molecule has 0 heterocycles. The van der Waals surface area contributed by atoms with Crippen LogP contribution >= 0.6 is 0 Å². The lowest BCUT2D eigenvalue weighted by Gasteiger charge is -2.13. The zero-order valence-corrected chi connectivity index (χ0v) is 17.7. The average molecular weight is 425 g/mol. The van der Waals surface area contributed by atoms with E-state index in [1.165, 1.54) is 12.1 Å². The number of para-hydroxylation sites is 1. The Morgan fingerprint density at radius 2 is 1.70 bits per heavy atom. The lowest BCUT2D eigenvalue weighted by molar-refractivity contribution is 0.0951. The molecule has 30 heavy (non-hydrogen) atoms. The Balaban J connectivity index is 1.75. The minimum atomic E-state index is -3.81. The first-order chi connectivity index (χ1) is 14.4. The van der Waals surface area contributed by atoms with Gasteiger partial charge in [-0.3, -0.25) is 9.52 Å². The minimum absolute atomic E-state index is 0.135. The number of aryl methyl sites for hydroxylation is 1. The van der Waals surface area contributed by atoms with Crippen LogP contribution in [0.4, 0.5) is 5.69 Å². The van der Waals surface area contributed by atoms with Crippen LogP contribution in [0, 0.1) is 6.92 Å². The van der Waals surface area contributed by atoms with E-state index in [4.69, 9.17) is 4.74 Å². The average Bonchev–Trinajstić information content (AvgIpc) is 2.73. The first-order valence-corrected chi connectivity index (χ1v) is 11.1. The summed E-state index contributed by atoms with van der Waals surface area (Å²) < 4.78 is 33.4. The predicted octanol–water partition coefficient (Wildman–Crippen LogP) is 4.12. The van der Waals surface area contributed by atoms with Crippen molar-refractivity contribution in [2.24, 2.45) is 0 Å². The molecule has 0 aliphatic carbocycles. The molecule has 3 aromatic carbocycles. The summed E-state index contributed by atoms with van der Waals surface area (Å²) in [5.41, 5.74) is 2.31. The van der Waals surface area contributed by atoms with Crippen molar-refractivity contribution in [3.05, 3.63) is 89.5 Å². The zero-order chi connectivity index (χ0) is 21.6. The highest BCUT2D eigenvalue weighted by Gasteiger charge is 2.18. The van der Waals surface area contributed by atoms with E-state index in [2.05, 4.69) is 10.0 Å². The van der Waals surface area contributed by atoms with Crippen molar-refractivity contribution in [2.45, 2.75) is 25.3 Å². The van der Waals surface area contributed by atoms with Gasteiger partial charge in [0.15, 0.2) is 0 Å². The molecule has 0 fully saturated rings. The molecule has 0 saturated heterocycles. The van der Waals surface area contributed by atoms with E-state index < -0.39 is 10.0 Å². The van der Waals surface area contributed by atoms with Crippen molar-refractivity contribution in [3.8, 4) is 5.75 Å². The lowest BCUT2D eigenvalue weighted by atomic mass is 10.1. The van der Waals surface area contributed by atoms with E-state index in [1.54, 1.807) is 36.4 Å². The van der Waals surface area contributed by atoms with E-state index in [0.717, 1.165) is 16.9 Å². The van der Waals surface area contributed by atoms with E-state index in [1.807, 2.05) is 38.1 Å². The monoisotopic (exact) mass is 424 g/mol. The number of benzene rings is 3. The van der Waals surface area contributed by atoms with Crippen molar-refractivity contribution in [3.63, 3.8) is 0 Å². The van der Waals surface area contributed by atoms with Crippen LogP contribution < -0.4 is 14.8 Å². The summed E-state index contributed by atoms with van der Waals surface area (Å²) in [6.45, 7) is 4.64. The Bertz CT molecular complexity index is 1130. The Hall–Kier alpha value is -3.32. The molecule has 0 saturated carbocycles.